The molecule has 0 aromatic heterocycles. The summed E-state index contributed by atoms with van der Waals surface area (Å²) in [6.45, 7) is 3.43. The second-order valence-electron chi connectivity index (χ2n) is 4.29. The molecule has 0 amide bonds. The number of hydrogen-bond acceptors (Lipinski definition) is 5. The van der Waals surface area contributed by atoms with E-state index in [1.807, 2.05) is 0 Å². The maximum absolute atomic E-state index is 12.4. The van der Waals surface area contributed by atoms with Crippen molar-refractivity contribution >= 4 is 23.5 Å². The van der Waals surface area contributed by atoms with E-state index in [9.17, 15) is 9.59 Å². The van der Waals surface area contributed by atoms with Crippen molar-refractivity contribution in [2.75, 3.05) is 26.9 Å². The standard InChI is InChI=1S/C15H19ClO5/c1-4-20-13(17)15(10-19-3,14(18)21-5-2)11-7-6-8-12(16)9-11/h6-9H,4-5,10H2,1-3H3. The van der Waals surface area contributed by atoms with Crippen LogP contribution in [0.4, 0.5) is 0 Å². The Kier molecular flexibility index (Phi) is 6.65. The molecule has 5 nitrogen and oxygen atoms in total. The SMILES string of the molecule is CCOC(=O)C(COC)(C(=O)OCC)c1cccc(Cl)c1. The third-order valence-electron chi connectivity index (χ3n) is 2.93. The van der Waals surface area contributed by atoms with Gasteiger partial charge >= 0.3 is 11.9 Å². The van der Waals surface area contributed by atoms with E-state index in [4.69, 9.17) is 25.8 Å². The van der Waals surface area contributed by atoms with Crippen molar-refractivity contribution < 1.29 is 23.8 Å². The maximum Gasteiger partial charge on any atom is 0.330 e. The predicted octanol–water partition coefficient (Wildman–Crippen LogP) is 2.35. The fraction of sp³-hybridized carbons (Fsp3) is 0.467. The van der Waals surface area contributed by atoms with Crippen molar-refractivity contribution in [1.82, 2.24) is 0 Å². The van der Waals surface area contributed by atoms with Crippen LogP contribution in [0.5, 0.6) is 0 Å². The van der Waals surface area contributed by atoms with E-state index < -0.39 is 17.4 Å². The molecule has 1 rings (SSSR count). The Morgan fingerprint density at radius 3 is 2.14 bits per heavy atom. The van der Waals surface area contributed by atoms with Crippen LogP contribution >= 0.6 is 11.6 Å². The summed E-state index contributed by atoms with van der Waals surface area (Å²) in [6.07, 6.45) is 0. The molecule has 1 aromatic rings. The lowest BCUT2D eigenvalue weighted by molar-refractivity contribution is -0.167. The smallest absolute Gasteiger partial charge is 0.330 e. The van der Waals surface area contributed by atoms with Crippen molar-refractivity contribution in [1.29, 1.82) is 0 Å². The molecule has 0 unspecified atom stereocenters. The highest BCUT2D eigenvalue weighted by molar-refractivity contribution is 6.30. The van der Waals surface area contributed by atoms with Crippen LogP contribution in [0, 0.1) is 0 Å². The van der Waals surface area contributed by atoms with Gasteiger partial charge in [0.2, 0.25) is 5.41 Å². The van der Waals surface area contributed by atoms with Gasteiger partial charge in [0.05, 0.1) is 19.8 Å². The van der Waals surface area contributed by atoms with E-state index in [0.717, 1.165) is 0 Å². The zero-order chi connectivity index (χ0) is 15.9. The quantitative estimate of drug-likeness (QED) is 0.571. The van der Waals surface area contributed by atoms with E-state index in [2.05, 4.69) is 0 Å². The van der Waals surface area contributed by atoms with E-state index in [1.54, 1.807) is 32.0 Å². The molecule has 0 aliphatic rings. The monoisotopic (exact) mass is 314 g/mol. The van der Waals surface area contributed by atoms with Gasteiger partial charge in [-0.2, -0.15) is 0 Å². The molecule has 116 valence electrons. The van der Waals surface area contributed by atoms with E-state index in [-0.39, 0.29) is 19.8 Å². The molecule has 0 radical (unpaired) electrons. The lowest BCUT2D eigenvalue weighted by Crippen LogP contribution is -2.49. The normalized spacial score (nSPS) is 11.0. The van der Waals surface area contributed by atoms with E-state index in [1.165, 1.54) is 13.2 Å². The molecule has 0 N–H and O–H groups in total. The zero-order valence-electron chi connectivity index (χ0n) is 12.3. The minimum absolute atomic E-state index is 0.143. The molecule has 1 aromatic carbocycles. The molecule has 0 heterocycles. The van der Waals surface area contributed by atoms with Gasteiger partial charge in [-0.05, 0) is 31.5 Å². The fourth-order valence-electron chi connectivity index (χ4n) is 2.00. The van der Waals surface area contributed by atoms with Gasteiger partial charge in [0, 0.05) is 12.1 Å². The summed E-state index contributed by atoms with van der Waals surface area (Å²) in [5.41, 5.74) is -1.29. The van der Waals surface area contributed by atoms with Gasteiger partial charge in [-0.3, -0.25) is 9.59 Å². The summed E-state index contributed by atoms with van der Waals surface area (Å²) in [4.78, 5) is 24.9. The number of halogens is 1. The summed E-state index contributed by atoms with van der Waals surface area (Å²) in [7, 11) is 1.40. The summed E-state index contributed by atoms with van der Waals surface area (Å²) >= 11 is 5.97. The highest BCUT2D eigenvalue weighted by atomic mass is 35.5. The van der Waals surface area contributed by atoms with Gasteiger partial charge in [-0.15, -0.1) is 0 Å². The third-order valence-corrected chi connectivity index (χ3v) is 3.16. The lowest BCUT2D eigenvalue weighted by atomic mass is 9.81. The minimum atomic E-state index is -1.67. The first-order valence-corrected chi connectivity index (χ1v) is 7.00. The van der Waals surface area contributed by atoms with Gasteiger partial charge in [-0.25, -0.2) is 0 Å². The van der Waals surface area contributed by atoms with E-state index >= 15 is 0 Å². The van der Waals surface area contributed by atoms with Crippen molar-refractivity contribution in [2.45, 2.75) is 19.3 Å². The van der Waals surface area contributed by atoms with Crippen molar-refractivity contribution in [3.63, 3.8) is 0 Å². The Labute approximate surface area is 129 Å². The summed E-state index contributed by atoms with van der Waals surface area (Å²) in [6, 6.07) is 6.46. The van der Waals surface area contributed by atoms with Crippen LogP contribution < -0.4 is 0 Å². The lowest BCUT2D eigenvalue weighted by Gasteiger charge is -2.28. The third kappa shape index (κ3) is 3.74. The molecule has 6 heteroatoms. The molecule has 0 saturated carbocycles. The summed E-state index contributed by atoms with van der Waals surface area (Å²) in [5, 5.41) is 0.404. The van der Waals surface area contributed by atoms with Crippen molar-refractivity contribution in [3.05, 3.63) is 34.9 Å². The molecule has 0 fully saturated rings. The first-order valence-electron chi connectivity index (χ1n) is 6.62. The van der Waals surface area contributed by atoms with Crippen LogP contribution in [-0.4, -0.2) is 38.9 Å². The first kappa shape index (κ1) is 17.5. The van der Waals surface area contributed by atoms with Gasteiger partial charge in [0.1, 0.15) is 0 Å². The molecule has 21 heavy (non-hydrogen) atoms. The summed E-state index contributed by atoms with van der Waals surface area (Å²) in [5.74, 6) is -1.43. The highest BCUT2D eigenvalue weighted by Crippen LogP contribution is 2.30. The van der Waals surface area contributed by atoms with Crippen LogP contribution in [-0.2, 0) is 29.2 Å². The molecule has 0 atom stereocenters. The van der Waals surface area contributed by atoms with Crippen molar-refractivity contribution in [3.8, 4) is 0 Å². The largest absolute Gasteiger partial charge is 0.465 e. The molecule has 0 aliphatic heterocycles. The van der Waals surface area contributed by atoms with Crippen LogP contribution in [0.3, 0.4) is 0 Å². The number of carbonyl (C=O) groups is 2. The number of ether oxygens (including phenoxy) is 3. The molecule has 0 spiro atoms. The number of carbonyl (C=O) groups excluding carboxylic acids is 2. The van der Waals surface area contributed by atoms with Crippen LogP contribution in [0.15, 0.2) is 24.3 Å². The van der Waals surface area contributed by atoms with Gasteiger partial charge in [0.15, 0.2) is 0 Å². The topological polar surface area (TPSA) is 61.8 Å². The number of hydrogen-bond donors (Lipinski definition) is 0. The Hall–Kier alpha value is -1.59. The minimum Gasteiger partial charge on any atom is -0.465 e. The van der Waals surface area contributed by atoms with Crippen molar-refractivity contribution in [2.24, 2.45) is 0 Å². The summed E-state index contributed by atoms with van der Waals surface area (Å²) < 4.78 is 15.2. The zero-order valence-corrected chi connectivity index (χ0v) is 13.1. The van der Waals surface area contributed by atoms with Crippen LogP contribution in [0.1, 0.15) is 19.4 Å². The molecule has 0 saturated heterocycles. The second kappa shape index (κ2) is 8.00. The average molecular weight is 315 g/mol. The van der Waals surface area contributed by atoms with Crippen LogP contribution in [0.2, 0.25) is 5.02 Å². The first-order chi connectivity index (χ1) is 10.0. The number of esters is 2. The average Bonchev–Trinajstić information content (AvgIpc) is 2.45. The number of methoxy groups -OCH3 is 1. The van der Waals surface area contributed by atoms with Gasteiger partial charge in [0.25, 0.3) is 0 Å². The van der Waals surface area contributed by atoms with E-state index in [0.29, 0.717) is 10.6 Å². The maximum atomic E-state index is 12.4. The Bertz CT molecular complexity index is 483. The molecular formula is C15H19ClO5. The fourth-order valence-corrected chi connectivity index (χ4v) is 2.19. The Morgan fingerprint density at radius 2 is 1.71 bits per heavy atom. The van der Waals surface area contributed by atoms with Gasteiger partial charge in [-0.1, -0.05) is 23.7 Å². The molecular weight excluding hydrogens is 296 g/mol. The van der Waals surface area contributed by atoms with Gasteiger partial charge < -0.3 is 14.2 Å². The Morgan fingerprint density at radius 1 is 1.14 bits per heavy atom. The Balaban J connectivity index is 3.42. The molecule has 0 bridgehead atoms. The predicted molar refractivity (Wildman–Crippen MR) is 78.3 cm³/mol. The molecule has 0 aliphatic carbocycles. The number of rotatable bonds is 7. The highest BCUT2D eigenvalue weighted by Gasteiger charge is 2.51. The number of benzene rings is 1. The van der Waals surface area contributed by atoms with Crippen LogP contribution in [0.25, 0.3) is 0 Å². The second-order valence-corrected chi connectivity index (χ2v) is 4.73.